The molecule has 0 amide bonds. The predicted molar refractivity (Wildman–Crippen MR) is 105 cm³/mol. The minimum Gasteiger partial charge on any atom is -0.378 e. The van der Waals surface area contributed by atoms with Crippen LogP contribution in [0, 0.1) is 5.82 Å². The van der Waals surface area contributed by atoms with Gasteiger partial charge < -0.3 is 10.2 Å². The Hall–Kier alpha value is -2.82. The SMILES string of the molecule is CN(C)c1ccc(-c2nn(-c3ccc(F)cc3)c3c2CCCCN3)cc1. The molecule has 0 atom stereocenters. The molecule has 0 radical (unpaired) electrons. The largest absolute Gasteiger partial charge is 0.378 e. The van der Waals surface area contributed by atoms with Gasteiger partial charge >= 0.3 is 0 Å². The number of benzene rings is 2. The number of rotatable bonds is 3. The van der Waals surface area contributed by atoms with Crippen LogP contribution >= 0.6 is 0 Å². The Morgan fingerprint density at radius 3 is 2.42 bits per heavy atom. The molecule has 2 heterocycles. The van der Waals surface area contributed by atoms with Crippen LogP contribution in [0.2, 0.25) is 0 Å². The van der Waals surface area contributed by atoms with E-state index in [0.717, 1.165) is 54.3 Å². The maximum atomic E-state index is 13.3. The summed E-state index contributed by atoms with van der Waals surface area (Å²) in [5.41, 5.74) is 5.38. The van der Waals surface area contributed by atoms with Crippen LogP contribution in [0.3, 0.4) is 0 Å². The average molecular weight is 350 g/mol. The lowest BCUT2D eigenvalue weighted by Crippen LogP contribution is -2.08. The Morgan fingerprint density at radius 1 is 1.00 bits per heavy atom. The number of nitrogens with zero attached hydrogens (tertiary/aromatic N) is 3. The minimum atomic E-state index is -0.237. The number of anilines is 2. The molecule has 1 aromatic heterocycles. The molecule has 1 aliphatic heterocycles. The first-order chi connectivity index (χ1) is 12.6. The van der Waals surface area contributed by atoms with Crippen molar-refractivity contribution in [1.82, 2.24) is 9.78 Å². The first-order valence-electron chi connectivity index (χ1n) is 9.03. The van der Waals surface area contributed by atoms with Gasteiger partial charge in [-0.25, -0.2) is 9.07 Å². The fraction of sp³-hybridized carbons (Fsp3) is 0.286. The summed E-state index contributed by atoms with van der Waals surface area (Å²) in [6.07, 6.45) is 3.27. The number of hydrogen-bond acceptors (Lipinski definition) is 3. The van der Waals surface area contributed by atoms with Crippen molar-refractivity contribution in [2.45, 2.75) is 19.3 Å². The molecule has 1 aliphatic rings. The zero-order valence-corrected chi connectivity index (χ0v) is 15.2. The van der Waals surface area contributed by atoms with Crippen LogP contribution in [0.4, 0.5) is 15.9 Å². The van der Waals surface area contributed by atoms with Crippen LogP contribution in [-0.2, 0) is 6.42 Å². The maximum Gasteiger partial charge on any atom is 0.133 e. The van der Waals surface area contributed by atoms with E-state index in [4.69, 9.17) is 5.10 Å². The molecule has 0 aliphatic carbocycles. The molecule has 0 spiro atoms. The fourth-order valence-electron chi connectivity index (χ4n) is 3.42. The monoisotopic (exact) mass is 350 g/mol. The first-order valence-corrected chi connectivity index (χ1v) is 9.03. The van der Waals surface area contributed by atoms with Crippen molar-refractivity contribution >= 4 is 11.5 Å². The van der Waals surface area contributed by atoms with Crippen LogP contribution in [0.1, 0.15) is 18.4 Å². The van der Waals surface area contributed by atoms with Crippen LogP contribution in [0.15, 0.2) is 48.5 Å². The van der Waals surface area contributed by atoms with E-state index >= 15 is 0 Å². The maximum absolute atomic E-state index is 13.3. The first kappa shape index (κ1) is 16.6. The Morgan fingerprint density at radius 2 is 1.73 bits per heavy atom. The second-order valence-electron chi connectivity index (χ2n) is 6.89. The van der Waals surface area contributed by atoms with Gasteiger partial charge in [0.25, 0.3) is 0 Å². The van der Waals surface area contributed by atoms with Crippen molar-refractivity contribution < 1.29 is 4.39 Å². The standard InChI is InChI=1S/C21H23FN4/c1-25(2)17-10-6-15(7-11-17)20-19-5-3-4-14-23-21(19)26(24-20)18-12-8-16(22)9-13-18/h6-13,23H,3-5,14H2,1-2H3. The van der Waals surface area contributed by atoms with E-state index in [-0.39, 0.29) is 5.82 Å². The van der Waals surface area contributed by atoms with Gasteiger partial charge in [0.05, 0.1) is 11.4 Å². The highest BCUT2D eigenvalue weighted by atomic mass is 19.1. The summed E-state index contributed by atoms with van der Waals surface area (Å²) >= 11 is 0. The normalized spacial score (nSPS) is 13.7. The van der Waals surface area contributed by atoms with Gasteiger partial charge in [-0.3, -0.25) is 0 Å². The van der Waals surface area contributed by atoms with E-state index in [1.165, 1.54) is 17.7 Å². The topological polar surface area (TPSA) is 33.1 Å². The summed E-state index contributed by atoms with van der Waals surface area (Å²) in [6, 6.07) is 15.0. The molecule has 4 rings (SSSR count). The summed E-state index contributed by atoms with van der Waals surface area (Å²) in [4.78, 5) is 2.09. The Bertz CT molecular complexity index is 895. The van der Waals surface area contributed by atoms with Crippen molar-refractivity contribution in [3.05, 3.63) is 59.9 Å². The van der Waals surface area contributed by atoms with Gasteiger partial charge in [0, 0.05) is 37.5 Å². The van der Waals surface area contributed by atoms with Gasteiger partial charge in [0.2, 0.25) is 0 Å². The highest BCUT2D eigenvalue weighted by Gasteiger charge is 2.21. The fourth-order valence-corrected chi connectivity index (χ4v) is 3.42. The third kappa shape index (κ3) is 3.05. The summed E-state index contributed by atoms with van der Waals surface area (Å²) in [6.45, 7) is 0.929. The van der Waals surface area contributed by atoms with Crippen LogP contribution in [0.5, 0.6) is 0 Å². The van der Waals surface area contributed by atoms with E-state index in [2.05, 4.69) is 34.5 Å². The zero-order valence-electron chi connectivity index (χ0n) is 15.2. The lowest BCUT2D eigenvalue weighted by atomic mass is 10.0. The Balaban J connectivity index is 1.83. The van der Waals surface area contributed by atoms with Gasteiger partial charge in [-0.05, 0) is 55.7 Å². The van der Waals surface area contributed by atoms with E-state index in [9.17, 15) is 4.39 Å². The second kappa shape index (κ2) is 6.83. The molecule has 0 saturated carbocycles. The van der Waals surface area contributed by atoms with Crippen molar-refractivity contribution in [1.29, 1.82) is 0 Å². The van der Waals surface area contributed by atoms with Gasteiger partial charge in [-0.2, -0.15) is 5.10 Å². The van der Waals surface area contributed by atoms with Crippen molar-refractivity contribution in [2.24, 2.45) is 0 Å². The summed E-state index contributed by atoms with van der Waals surface area (Å²) in [5.74, 6) is 0.792. The molecule has 1 N–H and O–H groups in total. The molecule has 26 heavy (non-hydrogen) atoms. The molecule has 5 heteroatoms. The third-order valence-electron chi connectivity index (χ3n) is 4.86. The molecule has 0 saturated heterocycles. The quantitative estimate of drug-likeness (QED) is 0.755. The van der Waals surface area contributed by atoms with Crippen LogP contribution in [-0.4, -0.2) is 30.4 Å². The lowest BCUT2D eigenvalue weighted by molar-refractivity contribution is 0.627. The van der Waals surface area contributed by atoms with Gasteiger partial charge in [-0.15, -0.1) is 0 Å². The van der Waals surface area contributed by atoms with Gasteiger partial charge in [0.1, 0.15) is 11.6 Å². The third-order valence-corrected chi connectivity index (χ3v) is 4.86. The number of hydrogen-bond donors (Lipinski definition) is 1. The number of halogens is 1. The Kier molecular flexibility index (Phi) is 4.37. The average Bonchev–Trinajstić information content (AvgIpc) is 2.84. The molecule has 0 unspecified atom stereocenters. The van der Waals surface area contributed by atoms with E-state index in [1.807, 2.05) is 18.8 Å². The highest BCUT2D eigenvalue weighted by molar-refractivity contribution is 5.72. The Labute approximate surface area is 153 Å². The second-order valence-corrected chi connectivity index (χ2v) is 6.89. The molecular weight excluding hydrogens is 327 g/mol. The molecule has 134 valence electrons. The minimum absolute atomic E-state index is 0.237. The highest BCUT2D eigenvalue weighted by Crippen LogP contribution is 2.34. The van der Waals surface area contributed by atoms with Crippen LogP contribution in [0.25, 0.3) is 16.9 Å². The van der Waals surface area contributed by atoms with E-state index < -0.39 is 0 Å². The lowest BCUT2D eigenvalue weighted by Gasteiger charge is -2.12. The van der Waals surface area contributed by atoms with E-state index in [0.29, 0.717) is 0 Å². The van der Waals surface area contributed by atoms with Crippen LogP contribution < -0.4 is 10.2 Å². The summed E-state index contributed by atoms with van der Waals surface area (Å²) in [7, 11) is 4.07. The molecule has 4 nitrogen and oxygen atoms in total. The van der Waals surface area contributed by atoms with Crippen molar-refractivity contribution in [3.63, 3.8) is 0 Å². The zero-order chi connectivity index (χ0) is 18.1. The number of nitrogens with one attached hydrogen (secondary N) is 1. The number of fused-ring (bicyclic) bond motifs is 1. The predicted octanol–water partition coefficient (Wildman–Crippen LogP) is 4.49. The molecule has 0 fully saturated rings. The summed E-state index contributed by atoms with van der Waals surface area (Å²) in [5, 5.41) is 8.42. The molecule has 3 aromatic rings. The molecule has 2 aromatic carbocycles. The van der Waals surface area contributed by atoms with Gasteiger partial charge in [-0.1, -0.05) is 12.1 Å². The van der Waals surface area contributed by atoms with Crippen molar-refractivity contribution in [2.75, 3.05) is 30.9 Å². The van der Waals surface area contributed by atoms with Gasteiger partial charge in [0.15, 0.2) is 0 Å². The number of aromatic nitrogens is 2. The molecule has 0 bridgehead atoms. The van der Waals surface area contributed by atoms with Crippen molar-refractivity contribution in [3.8, 4) is 16.9 Å². The smallest absolute Gasteiger partial charge is 0.133 e. The summed E-state index contributed by atoms with van der Waals surface area (Å²) < 4.78 is 15.2. The van der Waals surface area contributed by atoms with E-state index in [1.54, 1.807) is 12.1 Å². The molecular formula is C21H23FN4.